The number of rotatable bonds is 9. The average molecular weight is 748 g/mol. The van der Waals surface area contributed by atoms with Crippen LogP contribution in [0.3, 0.4) is 0 Å². The maximum absolute atomic E-state index is 6.90. The molecule has 0 amide bonds. The third-order valence-corrected chi connectivity index (χ3v) is 15.2. The number of nitrogens with zero attached hydrogens (tertiary/aromatic N) is 3. The Labute approximate surface area is 330 Å². The summed E-state index contributed by atoms with van der Waals surface area (Å²) in [7, 11) is 0.610. The average Bonchev–Trinajstić information content (AvgIpc) is 3.79. The molecular weight excluding hydrogens is 687 g/mol. The van der Waals surface area contributed by atoms with Crippen molar-refractivity contribution >= 4 is 35.3 Å². The lowest BCUT2D eigenvalue weighted by atomic mass is 9.78. The van der Waals surface area contributed by atoms with E-state index in [1.807, 2.05) is 0 Å². The highest BCUT2D eigenvalue weighted by Crippen LogP contribution is 2.44. The van der Waals surface area contributed by atoms with E-state index in [-0.39, 0.29) is 12.0 Å². The number of allylic oxidation sites excluding steroid dienone is 1. The third-order valence-electron chi connectivity index (χ3n) is 13.2. The molecule has 5 heteroatoms. The van der Waals surface area contributed by atoms with Crippen molar-refractivity contribution in [1.29, 1.82) is 0 Å². The van der Waals surface area contributed by atoms with E-state index in [9.17, 15) is 0 Å². The van der Waals surface area contributed by atoms with Crippen LogP contribution in [0.25, 0.3) is 44.6 Å². The van der Waals surface area contributed by atoms with E-state index >= 15 is 0 Å². The van der Waals surface area contributed by atoms with Crippen LogP contribution in [-0.4, -0.2) is 13.1 Å². The maximum Gasteiger partial charge on any atom is 0.227 e. The predicted octanol–water partition coefficient (Wildman–Crippen LogP) is 11.5. The van der Waals surface area contributed by atoms with E-state index < -0.39 is 8.07 Å². The Morgan fingerprint density at radius 2 is 1.65 bits per heavy atom. The zero-order chi connectivity index (χ0) is 38.9. The van der Waals surface area contributed by atoms with Crippen LogP contribution in [0.1, 0.15) is 108 Å². The number of aryl methyl sites for hydroxylation is 6. The highest BCUT2D eigenvalue weighted by atomic mass is 28.3. The first kappa shape index (κ1) is 37.6. The zero-order valence-electron chi connectivity index (χ0n) is 35.1. The second-order valence-corrected chi connectivity index (χ2v) is 23.4. The van der Waals surface area contributed by atoms with Crippen molar-refractivity contribution in [2.75, 3.05) is 0 Å². The first-order valence-electron chi connectivity index (χ1n) is 20.9. The van der Waals surface area contributed by atoms with Crippen molar-refractivity contribution in [1.82, 2.24) is 4.98 Å². The largest absolute Gasteiger partial charge is 0.437 e. The minimum Gasteiger partial charge on any atom is -0.437 e. The first-order chi connectivity index (χ1) is 26.2. The van der Waals surface area contributed by atoms with Gasteiger partial charge in [-0.3, -0.25) is 0 Å². The van der Waals surface area contributed by atoms with Crippen molar-refractivity contribution < 1.29 is 13.6 Å². The summed E-state index contributed by atoms with van der Waals surface area (Å²) in [5, 5.41) is 3.86. The maximum atomic E-state index is 6.90. The molecule has 1 fully saturated rings. The summed E-state index contributed by atoms with van der Waals surface area (Å²) < 4.78 is 11.9. The molecule has 1 aliphatic carbocycles. The van der Waals surface area contributed by atoms with Gasteiger partial charge in [0.05, 0.1) is 19.6 Å². The van der Waals surface area contributed by atoms with Crippen LogP contribution in [0.15, 0.2) is 78.0 Å². The Morgan fingerprint density at radius 1 is 0.909 bits per heavy atom. The lowest BCUT2D eigenvalue weighted by Gasteiger charge is -2.31. The molecule has 0 saturated heterocycles. The number of pyridine rings is 3. The molecule has 0 bridgehead atoms. The van der Waals surface area contributed by atoms with Crippen molar-refractivity contribution in [3.05, 3.63) is 118 Å². The van der Waals surface area contributed by atoms with Crippen molar-refractivity contribution in [2.45, 2.75) is 124 Å². The van der Waals surface area contributed by atoms with Crippen LogP contribution >= 0.6 is 0 Å². The fourth-order valence-corrected chi connectivity index (χ4v) is 11.9. The summed E-state index contributed by atoms with van der Waals surface area (Å²) in [5.41, 5.74) is 17.4. The highest BCUT2D eigenvalue weighted by Gasteiger charge is 2.41. The minimum atomic E-state index is -1.62. The number of hydrogen-bond acceptors (Lipinski definition) is 2. The smallest absolute Gasteiger partial charge is 0.227 e. The standard InChI is InChI=1S/C50H61N3OSi/c1-12-43-40(38-19-15-16-20-39(38)44-27-41(30(2)3)46(29-53(43)44)55(9,10)11)22-21-36-23-33(6)47-42-24-31(4)34(7)51-50(42)54-49(47)48(36)45-25-32(5)37(28-52(45)8)26-35-17-13-14-18-35/h12,15-16,19-20,23-25,27-30,35,40,43H,1,13-14,17-18,21-22,26H2,2-11H3/q+2. The number of benzene rings is 2. The third kappa shape index (κ3) is 6.60. The van der Waals surface area contributed by atoms with Crippen LogP contribution in [-0.2, 0) is 19.9 Å². The molecule has 1 saturated carbocycles. The molecule has 2 unspecified atom stereocenters. The van der Waals surface area contributed by atoms with Crippen molar-refractivity contribution in [3.8, 4) is 22.5 Å². The van der Waals surface area contributed by atoms with E-state index in [4.69, 9.17) is 9.40 Å². The summed E-state index contributed by atoms with van der Waals surface area (Å²) in [6, 6.07) is 19.0. The van der Waals surface area contributed by atoms with Crippen LogP contribution in [0.2, 0.25) is 19.6 Å². The SMILES string of the molecule is C=CC1C(CCc2cc(C)c3c(oc4nc(C)c(C)cc43)c2-c2cc(C)c(CC3CCCC3)c[n+]2C)c2ccccc2-c2cc(C(C)C)c([Si](C)(C)C)c[n+]21. The van der Waals surface area contributed by atoms with Crippen LogP contribution in [0.4, 0.5) is 0 Å². The molecule has 4 aromatic heterocycles. The number of hydrogen-bond donors (Lipinski definition) is 0. The lowest BCUT2D eigenvalue weighted by Crippen LogP contribution is -2.53. The van der Waals surface area contributed by atoms with E-state index in [0.29, 0.717) is 5.92 Å². The molecule has 0 radical (unpaired) electrons. The highest BCUT2D eigenvalue weighted by molar-refractivity contribution is 6.89. The number of furan rings is 1. The van der Waals surface area contributed by atoms with E-state index in [1.54, 1.807) is 5.19 Å². The van der Waals surface area contributed by atoms with Crippen LogP contribution in [0, 0.1) is 33.6 Å². The van der Waals surface area contributed by atoms with Gasteiger partial charge in [-0.15, -0.1) is 0 Å². The molecule has 2 atom stereocenters. The van der Waals surface area contributed by atoms with Crippen molar-refractivity contribution in [3.63, 3.8) is 0 Å². The van der Waals surface area contributed by atoms with Gasteiger partial charge in [-0.25, -0.2) is 9.55 Å². The van der Waals surface area contributed by atoms with Gasteiger partial charge in [0.1, 0.15) is 7.05 Å². The van der Waals surface area contributed by atoms with Gasteiger partial charge < -0.3 is 4.42 Å². The van der Waals surface area contributed by atoms with E-state index in [2.05, 4.69) is 151 Å². The van der Waals surface area contributed by atoms with E-state index in [1.165, 1.54) is 98.9 Å². The molecule has 8 rings (SSSR count). The number of aromatic nitrogens is 3. The summed E-state index contributed by atoms with van der Waals surface area (Å²) >= 11 is 0. The second kappa shape index (κ2) is 14.3. The molecule has 4 nitrogen and oxygen atoms in total. The normalized spacial score (nSPS) is 17.4. The monoisotopic (exact) mass is 747 g/mol. The quantitative estimate of drug-likeness (QED) is 0.0838. The Balaban J connectivity index is 1.28. The number of fused-ring (bicyclic) bond motifs is 6. The summed E-state index contributed by atoms with van der Waals surface area (Å²) in [4.78, 5) is 4.97. The summed E-state index contributed by atoms with van der Waals surface area (Å²) in [6.07, 6.45) is 15.7. The molecule has 1 aliphatic heterocycles. The first-order valence-corrected chi connectivity index (χ1v) is 24.4. The minimum absolute atomic E-state index is 0.157. The molecule has 284 valence electrons. The molecule has 2 aromatic carbocycles. The van der Waals surface area contributed by atoms with Gasteiger partial charge in [0.25, 0.3) is 0 Å². The van der Waals surface area contributed by atoms with Gasteiger partial charge in [0, 0.05) is 44.9 Å². The Hall–Kier alpha value is -4.35. The molecule has 5 heterocycles. The van der Waals surface area contributed by atoms with Crippen LogP contribution < -0.4 is 14.3 Å². The van der Waals surface area contributed by atoms with Gasteiger partial charge in [-0.05, 0) is 110 Å². The van der Waals surface area contributed by atoms with E-state index in [0.717, 1.165) is 41.1 Å². The Bertz CT molecular complexity index is 2470. The Morgan fingerprint density at radius 3 is 2.36 bits per heavy atom. The van der Waals surface area contributed by atoms with Gasteiger partial charge in [-0.1, -0.05) is 90.0 Å². The molecule has 0 spiro atoms. The summed E-state index contributed by atoms with van der Waals surface area (Å²) in [6.45, 7) is 25.5. The Kier molecular flexibility index (Phi) is 9.77. The van der Waals surface area contributed by atoms with Crippen LogP contribution in [0.5, 0.6) is 0 Å². The predicted molar refractivity (Wildman–Crippen MR) is 232 cm³/mol. The fourth-order valence-electron chi connectivity index (χ4n) is 10.1. The second-order valence-electron chi connectivity index (χ2n) is 18.4. The fraction of sp³-hybridized carbons (Fsp3) is 0.420. The van der Waals surface area contributed by atoms with Gasteiger partial charge in [0.2, 0.25) is 17.1 Å². The molecule has 0 N–H and O–H groups in total. The lowest BCUT2D eigenvalue weighted by molar-refractivity contribution is -0.706. The van der Waals surface area contributed by atoms with Crippen molar-refractivity contribution in [2.24, 2.45) is 13.0 Å². The summed E-state index contributed by atoms with van der Waals surface area (Å²) in [5.74, 6) is 1.55. The van der Waals surface area contributed by atoms with Gasteiger partial charge in [-0.2, -0.15) is 4.57 Å². The molecule has 6 aromatic rings. The zero-order valence-corrected chi connectivity index (χ0v) is 36.1. The van der Waals surface area contributed by atoms with Gasteiger partial charge in [0.15, 0.2) is 24.0 Å². The molecule has 2 aliphatic rings. The van der Waals surface area contributed by atoms with Gasteiger partial charge >= 0.3 is 0 Å². The topological polar surface area (TPSA) is 33.8 Å². The molecular formula is C50H61N3OSi+2. The molecule has 55 heavy (non-hydrogen) atoms.